The van der Waals surface area contributed by atoms with Gasteiger partial charge in [-0.25, -0.2) is 9.97 Å². The van der Waals surface area contributed by atoms with Gasteiger partial charge in [-0.05, 0) is 57.2 Å². The molecule has 1 atom stereocenters. The monoisotopic (exact) mass is 371 g/mol. The zero-order chi connectivity index (χ0) is 20.0. The number of hydrogen-bond acceptors (Lipinski definition) is 5. The highest BCUT2D eigenvalue weighted by Gasteiger charge is 2.19. The Labute approximate surface area is 163 Å². The lowest BCUT2D eigenvalue weighted by Gasteiger charge is -2.20. The number of nitrogens with one attached hydrogen (secondary N) is 1. The molecule has 0 spiro atoms. The average molecular weight is 372 g/mol. The summed E-state index contributed by atoms with van der Waals surface area (Å²) in [7, 11) is 3.44. The smallest absolute Gasteiger partial charge is 0.148 e. The van der Waals surface area contributed by atoms with Gasteiger partial charge >= 0.3 is 0 Å². The first-order chi connectivity index (χ1) is 12.9. The molecule has 2 aromatic rings. The molecular weight excluding hydrogens is 338 g/mol. The van der Waals surface area contributed by atoms with Gasteiger partial charge in [0, 0.05) is 25.3 Å². The average Bonchev–Trinajstić information content (AvgIpc) is 2.65. The molecule has 1 N–H and O–H groups in total. The molecule has 1 heterocycles. The van der Waals surface area contributed by atoms with E-state index in [9.17, 15) is 0 Å². The first-order valence-corrected chi connectivity index (χ1v) is 9.75. The lowest BCUT2D eigenvalue weighted by atomic mass is 9.99. The van der Waals surface area contributed by atoms with Gasteiger partial charge in [0.25, 0.3) is 0 Å². The van der Waals surface area contributed by atoms with Crippen molar-refractivity contribution in [1.82, 2.24) is 9.97 Å². The molecule has 0 saturated carbocycles. The Bertz CT molecular complexity index is 775. The van der Waals surface area contributed by atoms with Crippen molar-refractivity contribution >= 4 is 5.82 Å². The van der Waals surface area contributed by atoms with Crippen LogP contribution >= 0.6 is 0 Å². The number of anilines is 1. The lowest BCUT2D eigenvalue weighted by Crippen LogP contribution is -2.20. The van der Waals surface area contributed by atoms with Gasteiger partial charge in [-0.1, -0.05) is 19.9 Å². The molecule has 0 amide bonds. The van der Waals surface area contributed by atoms with Crippen LogP contribution in [0.2, 0.25) is 0 Å². The molecule has 1 unspecified atom stereocenters. The first kappa shape index (κ1) is 21.2. The van der Waals surface area contributed by atoms with E-state index in [0.29, 0.717) is 0 Å². The van der Waals surface area contributed by atoms with Gasteiger partial charge in [-0.2, -0.15) is 0 Å². The number of hydrogen-bond donors (Lipinski definition) is 1. The Morgan fingerprint density at radius 2 is 1.74 bits per heavy atom. The summed E-state index contributed by atoms with van der Waals surface area (Å²) in [6.45, 7) is 11.3. The van der Waals surface area contributed by atoms with Crippen LogP contribution < -0.4 is 10.1 Å². The summed E-state index contributed by atoms with van der Waals surface area (Å²) in [5.41, 5.74) is 6.28. The summed E-state index contributed by atoms with van der Waals surface area (Å²) < 4.78 is 10.9. The van der Waals surface area contributed by atoms with E-state index in [1.807, 2.05) is 0 Å². The minimum atomic E-state index is 0.274. The van der Waals surface area contributed by atoms with E-state index in [0.717, 1.165) is 65.6 Å². The van der Waals surface area contributed by atoms with Crippen LogP contribution in [-0.4, -0.2) is 36.8 Å². The van der Waals surface area contributed by atoms with Crippen molar-refractivity contribution in [1.29, 1.82) is 0 Å². The molecule has 0 aliphatic carbocycles. The molecule has 27 heavy (non-hydrogen) atoms. The van der Waals surface area contributed by atoms with Gasteiger partial charge in [0.1, 0.15) is 11.6 Å². The zero-order valence-electron chi connectivity index (χ0n) is 17.8. The largest absolute Gasteiger partial charge is 0.496 e. The number of aromatic nitrogens is 2. The molecule has 0 bridgehead atoms. The van der Waals surface area contributed by atoms with Gasteiger partial charge in [0.05, 0.1) is 24.2 Å². The van der Waals surface area contributed by atoms with Gasteiger partial charge < -0.3 is 14.8 Å². The fourth-order valence-corrected chi connectivity index (χ4v) is 3.31. The van der Waals surface area contributed by atoms with Gasteiger partial charge in [-0.3, -0.25) is 0 Å². The van der Waals surface area contributed by atoms with Crippen LogP contribution in [0.4, 0.5) is 5.82 Å². The third kappa shape index (κ3) is 4.98. The van der Waals surface area contributed by atoms with Crippen LogP contribution in [0.1, 0.15) is 49.7 Å². The van der Waals surface area contributed by atoms with Crippen molar-refractivity contribution in [2.24, 2.45) is 0 Å². The van der Waals surface area contributed by atoms with E-state index in [4.69, 9.17) is 19.4 Å². The van der Waals surface area contributed by atoms with Crippen LogP contribution in [0.15, 0.2) is 12.1 Å². The van der Waals surface area contributed by atoms with E-state index >= 15 is 0 Å². The summed E-state index contributed by atoms with van der Waals surface area (Å²) in [6.07, 6.45) is 2.55. The highest BCUT2D eigenvalue weighted by molar-refractivity contribution is 5.74. The van der Waals surface area contributed by atoms with Crippen molar-refractivity contribution in [3.63, 3.8) is 0 Å². The van der Waals surface area contributed by atoms with Crippen LogP contribution in [0.25, 0.3) is 11.3 Å². The second-order valence-electron chi connectivity index (χ2n) is 7.01. The number of ether oxygens (including phenoxy) is 2. The molecule has 0 radical (unpaired) electrons. The maximum Gasteiger partial charge on any atom is 0.148 e. The maximum atomic E-state index is 5.68. The zero-order valence-corrected chi connectivity index (χ0v) is 17.8. The van der Waals surface area contributed by atoms with E-state index in [1.54, 1.807) is 14.2 Å². The molecular formula is C22H33N3O2. The minimum Gasteiger partial charge on any atom is -0.496 e. The number of rotatable bonds is 9. The van der Waals surface area contributed by atoms with Crippen molar-refractivity contribution < 1.29 is 9.47 Å². The van der Waals surface area contributed by atoms with Crippen molar-refractivity contribution in [2.45, 2.75) is 59.9 Å². The number of nitrogens with zero attached hydrogens (tertiary/aromatic N) is 2. The Kier molecular flexibility index (Phi) is 7.60. The molecule has 1 aromatic heterocycles. The summed E-state index contributed by atoms with van der Waals surface area (Å²) in [6, 6.07) is 4.51. The summed E-state index contributed by atoms with van der Waals surface area (Å²) >= 11 is 0. The fourth-order valence-electron chi connectivity index (χ4n) is 3.31. The predicted molar refractivity (Wildman–Crippen MR) is 112 cm³/mol. The normalized spacial score (nSPS) is 12.1. The van der Waals surface area contributed by atoms with Crippen molar-refractivity contribution in [3.05, 3.63) is 34.6 Å². The van der Waals surface area contributed by atoms with Crippen LogP contribution in [0.3, 0.4) is 0 Å². The van der Waals surface area contributed by atoms with Crippen LogP contribution in [0, 0.1) is 13.8 Å². The maximum absolute atomic E-state index is 5.68. The third-order valence-corrected chi connectivity index (χ3v) is 4.75. The first-order valence-electron chi connectivity index (χ1n) is 9.75. The van der Waals surface area contributed by atoms with Gasteiger partial charge in [0.2, 0.25) is 0 Å². The second kappa shape index (κ2) is 9.70. The predicted octanol–water partition coefficient (Wildman–Crippen LogP) is 4.73. The van der Waals surface area contributed by atoms with Crippen molar-refractivity contribution in [3.8, 4) is 17.0 Å². The lowest BCUT2D eigenvalue weighted by molar-refractivity contribution is 0.191. The van der Waals surface area contributed by atoms with E-state index in [-0.39, 0.29) is 6.04 Å². The summed E-state index contributed by atoms with van der Waals surface area (Å²) in [5, 5.41) is 3.52. The standard InChI is InChI=1S/C22H33N3O2/c1-8-17-21(20-15(4)12-14(3)13-19(20)27-7)24-18(9-2)22(25-17)23-16(5)10-11-26-6/h12-13,16H,8-11H2,1-7H3,(H,23,25). The SMILES string of the molecule is CCc1nc(-c2c(C)cc(C)cc2OC)c(CC)nc1NC(C)CCOC. The van der Waals surface area contributed by atoms with Gasteiger partial charge in [-0.15, -0.1) is 0 Å². The summed E-state index contributed by atoms with van der Waals surface area (Å²) in [5.74, 6) is 1.73. The van der Waals surface area contributed by atoms with E-state index < -0.39 is 0 Å². The Morgan fingerprint density at radius 1 is 1.04 bits per heavy atom. The molecule has 1 aromatic carbocycles. The Morgan fingerprint density at radius 3 is 2.33 bits per heavy atom. The molecule has 0 saturated heterocycles. The van der Waals surface area contributed by atoms with Crippen molar-refractivity contribution in [2.75, 3.05) is 26.1 Å². The molecule has 148 valence electrons. The minimum absolute atomic E-state index is 0.274. The quantitative estimate of drug-likeness (QED) is 0.690. The molecule has 0 aliphatic heterocycles. The van der Waals surface area contributed by atoms with Crippen LogP contribution in [-0.2, 0) is 17.6 Å². The molecule has 0 fully saturated rings. The highest BCUT2D eigenvalue weighted by Crippen LogP contribution is 2.36. The highest BCUT2D eigenvalue weighted by atomic mass is 16.5. The topological polar surface area (TPSA) is 56.3 Å². The van der Waals surface area contributed by atoms with E-state index in [2.05, 4.69) is 52.1 Å². The number of methoxy groups -OCH3 is 2. The number of aryl methyl sites for hydroxylation is 4. The molecule has 2 rings (SSSR count). The Hall–Kier alpha value is -2.14. The molecule has 5 nitrogen and oxygen atoms in total. The van der Waals surface area contributed by atoms with E-state index in [1.165, 1.54) is 5.56 Å². The third-order valence-electron chi connectivity index (χ3n) is 4.75. The Balaban J connectivity index is 2.54. The second-order valence-corrected chi connectivity index (χ2v) is 7.01. The fraction of sp³-hybridized carbons (Fsp3) is 0.545. The number of benzene rings is 1. The summed E-state index contributed by atoms with van der Waals surface area (Å²) in [4.78, 5) is 9.98. The van der Waals surface area contributed by atoms with Gasteiger partial charge in [0.15, 0.2) is 0 Å². The molecule has 5 heteroatoms. The molecule has 0 aliphatic rings. The van der Waals surface area contributed by atoms with Crippen LogP contribution in [0.5, 0.6) is 5.75 Å².